The fourth-order valence-electron chi connectivity index (χ4n) is 9.29. The molecule has 0 amide bonds. The van der Waals surface area contributed by atoms with Crippen molar-refractivity contribution in [2.24, 2.45) is 0 Å². The van der Waals surface area contributed by atoms with Crippen LogP contribution in [0, 0.1) is 0 Å². The molecule has 0 aliphatic carbocycles. The van der Waals surface area contributed by atoms with Crippen LogP contribution in [0.3, 0.4) is 0 Å². The van der Waals surface area contributed by atoms with Gasteiger partial charge in [0.05, 0.1) is 11.4 Å². The molecule has 58 heavy (non-hydrogen) atoms. The molecule has 0 N–H and O–H groups in total. The van der Waals surface area contributed by atoms with Crippen molar-refractivity contribution in [2.45, 2.75) is 13.1 Å². The second-order valence-electron chi connectivity index (χ2n) is 15.7. The zero-order chi connectivity index (χ0) is 38.8. The molecule has 0 saturated carbocycles. The summed E-state index contributed by atoms with van der Waals surface area (Å²) in [6.45, 7) is 5.05. The third-order valence-corrected chi connectivity index (χ3v) is 15.6. The van der Waals surface area contributed by atoms with Gasteiger partial charge in [-0.05, 0) is 105 Å². The zero-order valence-corrected chi connectivity index (χ0v) is 33.4. The molecular formula is C54H40N2OSi. The highest BCUT2D eigenvalue weighted by Crippen LogP contribution is 2.47. The number of fused-ring (bicyclic) bond motifs is 5. The molecule has 0 unspecified atom stereocenters. The van der Waals surface area contributed by atoms with Crippen molar-refractivity contribution in [2.75, 3.05) is 9.80 Å². The van der Waals surface area contributed by atoms with Crippen LogP contribution in [0.4, 0.5) is 34.1 Å². The standard InChI is InChI=1S/C54H40N2OSi/c1-58(2)52-28-16-25-46-49(33-32-45(54(46)52)44-31-29-41(36-53(44)58)55(38-19-8-4-9-20-38)39-21-10-5-11-22-39)56(48-26-14-12-23-42(48)37-17-6-3-7-18-37)40-30-34-51-47(35-40)43-24-13-15-27-50(43)57-51/h3-36H,1-2H3. The van der Waals surface area contributed by atoms with Crippen LogP contribution in [0.5, 0.6) is 0 Å². The molecule has 0 spiro atoms. The summed E-state index contributed by atoms with van der Waals surface area (Å²) in [5, 5.41) is 7.76. The van der Waals surface area contributed by atoms with Crippen LogP contribution in [0.15, 0.2) is 211 Å². The van der Waals surface area contributed by atoms with Crippen molar-refractivity contribution < 1.29 is 4.42 Å². The Kier molecular flexibility index (Phi) is 7.95. The lowest BCUT2D eigenvalue weighted by atomic mass is 9.94. The largest absolute Gasteiger partial charge is 0.456 e. The van der Waals surface area contributed by atoms with Crippen molar-refractivity contribution in [3.63, 3.8) is 0 Å². The molecule has 0 saturated heterocycles. The van der Waals surface area contributed by atoms with E-state index in [2.05, 4.69) is 223 Å². The van der Waals surface area contributed by atoms with E-state index in [9.17, 15) is 0 Å². The number of hydrogen-bond donors (Lipinski definition) is 0. The highest BCUT2D eigenvalue weighted by molar-refractivity contribution is 7.03. The lowest BCUT2D eigenvalue weighted by Gasteiger charge is -2.36. The van der Waals surface area contributed by atoms with Gasteiger partial charge < -0.3 is 14.2 Å². The minimum absolute atomic E-state index is 0.889. The maximum atomic E-state index is 6.33. The fourth-order valence-corrected chi connectivity index (χ4v) is 12.4. The van der Waals surface area contributed by atoms with Crippen LogP contribution in [0.25, 0.3) is 55.0 Å². The molecule has 9 aromatic carbocycles. The number of para-hydroxylation sites is 4. The number of furan rings is 1. The van der Waals surface area contributed by atoms with Crippen molar-refractivity contribution >= 4 is 85.3 Å². The summed E-state index contributed by atoms with van der Waals surface area (Å²) in [7, 11) is -2.24. The summed E-state index contributed by atoms with van der Waals surface area (Å²) < 4.78 is 6.33. The average molecular weight is 761 g/mol. The third-order valence-electron chi connectivity index (χ3n) is 12.0. The van der Waals surface area contributed by atoms with Gasteiger partial charge in [0.2, 0.25) is 0 Å². The van der Waals surface area contributed by atoms with E-state index in [1.165, 1.54) is 49.1 Å². The summed E-state index contributed by atoms with van der Waals surface area (Å²) in [6.07, 6.45) is 0. The van der Waals surface area contributed by atoms with Gasteiger partial charge in [-0.1, -0.05) is 147 Å². The van der Waals surface area contributed by atoms with E-state index in [-0.39, 0.29) is 0 Å². The zero-order valence-electron chi connectivity index (χ0n) is 32.4. The first-order valence-corrected chi connectivity index (χ1v) is 23.0. The maximum absolute atomic E-state index is 6.33. The molecule has 1 aromatic heterocycles. The summed E-state index contributed by atoms with van der Waals surface area (Å²) in [6, 6.07) is 74.8. The van der Waals surface area contributed by atoms with Crippen molar-refractivity contribution in [1.82, 2.24) is 0 Å². The predicted octanol–water partition coefficient (Wildman–Crippen LogP) is 14.1. The Labute approximate surface area is 339 Å². The van der Waals surface area contributed by atoms with E-state index in [4.69, 9.17) is 4.42 Å². The normalized spacial score (nSPS) is 12.8. The lowest BCUT2D eigenvalue weighted by Crippen LogP contribution is -2.56. The first kappa shape index (κ1) is 34.1. The number of hydrogen-bond acceptors (Lipinski definition) is 3. The molecule has 0 bridgehead atoms. The van der Waals surface area contributed by atoms with Crippen LogP contribution in [0.2, 0.25) is 13.1 Å². The van der Waals surface area contributed by atoms with E-state index in [0.29, 0.717) is 0 Å². The molecule has 0 radical (unpaired) electrons. The van der Waals surface area contributed by atoms with E-state index in [1.807, 2.05) is 6.07 Å². The molecule has 4 heteroatoms. The second kappa shape index (κ2) is 13.5. The first-order valence-electron chi connectivity index (χ1n) is 20.0. The molecular weight excluding hydrogens is 721 g/mol. The van der Waals surface area contributed by atoms with Crippen molar-refractivity contribution in [3.8, 4) is 22.3 Å². The SMILES string of the molecule is C[Si]1(C)c2cc(N(c3ccccc3)c3ccccc3)ccc2-c2ccc(N(c3ccc4oc5ccccc5c4c3)c3ccccc3-c3ccccc3)c3cccc1c23. The van der Waals surface area contributed by atoms with Gasteiger partial charge in [-0.15, -0.1) is 0 Å². The number of rotatable bonds is 7. The highest BCUT2D eigenvalue weighted by atomic mass is 28.3. The smallest absolute Gasteiger partial charge is 0.135 e. The van der Waals surface area contributed by atoms with Gasteiger partial charge in [-0.25, -0.2) is 0 Å². The van der Waals surface area contributed by atoms with Gasteiger partial charge in [0, 0.05) is 44.5 Å². The predicted molar refractivity (Wildman–Crippen MR) is 248 cm³/mol. The van der Waals surface area contributed by atoms with Crippen LogP contribution in [-0.4, -0.2) is 8.07 Å². The van der Waals surface area contributed by atoms with Crippen molar-refractivity contribution in [3.05, 3.63) is 206 Å². The molecule has 276 valence electrons. The van der Waals surface area contributed by atoms with Gasteiger partial charge in [-0.2, -0.15) is 0 Å². The Morgan fingerprint density at radius 2 is 0.966 bits per heavy atom. The van der Waals surface area contributed by atoms with Gasteiger partial charge in [0.25, 0.3) is 0 Å². The highest BCUT2D eigenvalue weighted by Gasteiger charge is 2.37. The van der Waals surface area contributed by atoms with E-state index in [0.717, 1.165) is 50.4 Å². The first-order chi connectivity index (χ1) is 28.5. The molecule has 0 atom stereocenters. The quantitative estimate of drug-likeness (QED) is 0.151. The Morgan fingerprint density at radius 3 is 1.74 bits per heavy atom. The summed E-state index contributed by atoms with van der Waals surface area (Å²) in [5.74, 6) is 0. The van der Waals surface area contributed by atoms with Crippen LogP contribution in [0.1, 0.15) is 0 Å². The molecule has 1 aliphatic heterocycles. The van der Waals surface area contributed by atoms with Crippen molar-refractivity contribution in [1.29, 1.82) is 0 Å². The molecule has 2 heterocycles. The summed E-state index contributed by atoms with van der Waals surface area (Å²) in [5.41, 5.74) is 13.6. The summed E-state index contributed by atoms with van der Waals surface area (Å²) >= 11 is 0. The molecule has 11 rings (SSSR count). The summed E-state index contributed by atoms with van der Waals surface area (Å²) in [4.78, 5) is 4.85. The maximum Gasteiger partial charge on any atom is 0.135 e. The Bertz CT molecular complexity index is 3110. The molecule has 10 aromatic rings. The number of anilines is 6. The van der Waals surface area contributed by atoms with E-state index < -0.39 is 8.07 Å². The van der Waals surface area contributed by atoms with E-state index >= 15 is 0 Å². The molecule has 1 aliphatic rings. The second-order valence-corrected chi connectivity index (χ2v) is 20.0. The number of nitrogens with zero attached hydrogens (tertiary/aromatic N) is 2. The van der Waals surface area contributed by atoms with Gasteiger partial charge in [-0.3, -0.25) is 0 Å². The Morgan fingerprint density at radius 1 is 0.362 bits per heavy atom. The van der Waals surface area contributed by atoms with Gasteiger partial charge in [0.15, 0.2) is 0 Å². The molecule has 3 nitrogen and oxygen atoms in total. The van der Waals surface area contributed by atoms with Crippen LogP contribution in [-0.2, 0) is 0 Å². The third kappa shape index (κ3) is 5.41. The minimum atomic E-state index is -2.24. The monoisotopic (exact) mass is 760 g/mol. The van der Waals surface area contributed by atoms with Crippen LogP contribution < -0.4 is 20.2 Å². The van der Waals surface area contributed by atoms with Gasteiger partial charge >= 0.3 is 0 Å². The average Bonchev–Trinajstić information content (AvgIpc) is 3.65. The topological polar surface area (TPSA) is 19.6 Å². The number of benzene rings is 9. The fraction of sp³-hybridized carbons (Fsp3) is 0.0370. The molecule has 0 fully saturated rings. The van der Waals surface area contributed by atoms with Crippen LogP contribution >= 0.6 is 0 Å². The lowest BCUT2D eigenvalue weighted by molar-refractivity contribution is 0.669. The minimum Gasteiger partial charge on any atom is -0.456 e. The Balaban J connectivity index is 1.14. The Hall–Kier alpha value is -7.14. The van der Waals surface area contributed by atoms with E-state index in [1.54, 1.807) is 0 Å². The van der Waals surface area contributed by atoms with Gasteiger partial charge in [0.1, 0.15) is 19.2 Å².